The fraction of sp³-hybridized carbons (Fsp3) is 0.455. The number of amides is 1. The highest BCUT2D eigenvalue weighted by atomic mass is 16.6. The van der Waals surface area contributed by atoms with Crippen molar-refractivity contribution in [2.24, 2.45) is 0 Å². The molecule has 0 aliphatic carbocycles. The van der Waals surface area contributed by atoms with E-state index in [1.807, 2.05) is 49.3 Å². The molecule has 3 heterocycles. The number of nitrogens with one attached hydrogen (secondary N) is 2. The van der Waals surface area contributed by atoms with Gasteiger partial charge in [-0.25, -0.2) is 9.97 Å². The summed E-state index contributed by atoms with van der Waals surface area (Å²) >= 11 is 0. The lowest BCUT2D eigenvalue weighted by molar-refractivity contribution is -0.139. The summed E-state index contributed by atoms with van der Waals surface area (Å²) in [5.41, 5.74) is 2.90. The van der Waals surface area contributed by atoms with Gasteiger partial charge in [-0.3, -0.25) is 9.59 Å². The highest BCUT2D eigenvalue weighted by Crippen LogP contribution is 2.29. The molecule has 0 unspecified atom stereocenters. The fourth-order valence-corrected chi connectivity index (χ4v) is 3.93. The normalized spacial score (nSPS) is 24.1. The van der Waals surface area contributed by atoms with Crippen LogP contribution in [0, 0.1) is 0 Å². The molecular weight excluding hydrogens is 414 g/mol. The fourth-order valence-electron chi connectivity index (χ4n) is 3.93. The van der Waals surface area contributed by atoms with Gasteiger partial charge in [-0.1, -0.05) is 12.1 Å². The molecule has 0 spiro atoms. The summed E-state index contributed by atoms with van der Waals surface area (Å²) in [6, 6.07) is 9.51. The van der Waals surface area contributed by atoms with Crippen LogP contribution in [0.3, 0.4) is 0 Å². The van der Waals surface area contributed by atoms with E-state index in [0.717, 1.165) is 16.9 Å². The number of benzene rings is 1. The van der Waals surface area contributed by atoms with Crippen LogP contribution in [0.5, 0.6) is 0 Å². The molecule has 10 nitrogen and oxygen atoms in total. The number of carboxylic acids is 1. The second kappa shape index (κ2) is 9.49. The summed E-state index contributed by atoms with van der Waals surface area (Å²) in [4.78, 5) is 33.6. The minimum Gasteiger partial charge on any atom is -0.481 e. The van der Waals surface area contributed by atoms with Crippen LogP contribution in [-0.2, 0) is 19.1 Å². The van der Waals surface area contributed by atoms with Gasteiger partial charge < -0.3 is 30.1 Å². The zero-order valence-corrected chi connectivity index (χ0v) is 18.0. The van der Waals surface area contributed by atoms with E-state index in [1.165, 1.54) is 0 Å². The first-order valence-electron chi connectivity index (χ1n) is 10.5. The van der Waals surface area contributed by atoms with E-state index in [2.05, 4.69) is 20.6 Å². The molecule has 2 fully saturated rings. The monoisotopic (exact) mass is 441 g/mol. The van der Waals surface area contributed by atoms with Crippen LogP contribution in [-0.4, -0.2) is 78.6 Å². The number of carboxylic acid groups (broad SMARTS) is 1. The van der Waals surface area contributed by atoms with Crippen LogP contribution >= 0.6 is 0 Å². The van der Waals surface area contributed by atoms with Crippen LogP contribution in [0.2, 0.25) is 0 Å². The van der Waals surface area contributed by atoms with Crippen molar-refractivity contribution in [1.29, 1.82) is 0 Å². The molecule has 2 saturated heterocycles. The topological polar surface area (TPSA) is 126 Å². The number of anilines is 2. The molecule has 4 rings (SSSR count). The highest BCUT2D eigenvalue weighted by Gasteiger charge is 2.48. The molecule has 1 aromatic heterocycles. The van der Waals surface area contributed by atoms with Crippen LogP contribution in [0.15, 0.2) is 36.5 Å². The lowest BCUT2D eigenvalue weighted by Gasteiger charge is -2.18. The molecule has 2 aromatic rings. The van der Waals surface area contributed by atoms with Gasteiger partial charge in [-0.2, -0.15) is 0 Å². The number of ether oxygens (including phenoxy) is 2. The van der Waals surface area contributed by atoms with E-state index >= 15 is 0 Å². The molecule has 3 N–H and O–H groups in total. The average Bonchev–Trinajstić information content (AvgIpc) is 3.36. The van der Waals surface area contributed by atoms with Crippen molar-refractivity contribution in [2.75, 3.05) is 37.5 Å². The van der Waals surface area contributed by atoms with Crippen molar-refractivity contribution in [2.45, 2.75) is 37.1 Å². The minimum atomic E-state index is -1.00. The third kappa shape index (κ3) is 4.97. The second-order valence-corrected chi connectivity index (χ2v) is 8.12. The molecule has 170 valence electrons. The number of nitrogens with zero attached hydrogens (tertiary/aromatic N) is 3. The summed E-state index contributed by atoms with van der Waals surface area (Å²) in [5.74, 6) is -0.845. The van der Waals surface area contributed by atoms with Gasteiger partial charge in [0, 0.05) is 38.0 Å². The Bertz CT molecular complexity index is 967. The Morgan fingerprint density at radius 2 is 1.75 bits per heavy atom. The van der Waals surface area contributed by atoms with Gasteiger partial charge in [0.25, 0.3) is 0 Å². The molecular formula is C22H27N5O5. The van der Waals surface area contributed by atoms with Crippen LogP contribution in [0.25, 0.3) is 11.3 Å². The Morgan fingerprint density at radius 1 is 1.06 bits per heavy atom. The van der Waals surface area contributed by atoms with Gasteiger partial charge in [-0.05, 0) is 18.2 Å². The summed E-state index contributed by atoms with van der Waals surface area (Å²) in [6.07, 6.45) is 0.874. The van der Waals surface area contributed by atoms with Gasteiger partial charge in [0.1, 0.15) is 12.2 Å². The van der Waals surface area contributed by atoms with Crippen molar-refractivity contribution >= 4 is 23.5 Å². The van der Waals surface area contributed by atoms with Gasteiger partial charge in [0.15, 0.2) is 0 Å². The van der Waals surface area contributed by atoms with Gasteiger partial charge in [0.2, 0.25) is 11.9 Å². The largest absolute Gasteiger partial charge is 0.481 e. The Labute approximate surface area is 185 Å². The SMILES string of the molecule is CN(C)c1ccc(-c2ccnc(N[C@H]3CO[C@H]4[C@@H]3OC[C@@H]4NC(=O)CCC(=O)O)n2)cc1. The second-order valence-electron chi connectivity index (χ2n) is 8.12. The van der Waals surface area contributed by atoms with Crippen molar-refractivity contribution in [3.05, 3.63) is 36.5 Å². The van der Waals surface area contributed by atoms with Crippen molar-refractivity contribution in [3.8, 4) is 11.3 Å². The first kappa shape index (κ1) is 22.0. The summed E-state index contributed by atoms with van der Waals surface area (Å²) < 4.78 is 11.7. The molecule has 32 heavy (non-hydrogen) atoms. The Balaban J connectivity index is 1.37. The first-order chi connectivity index (χ1) is 15.4. The maximum Gasteiger partial charge on any atom is 0.303 e. The maximum absolute atomic E-state index is 12.0. The molecule has 0 bridgehead atoms. The Hall–Kier alpha value is -3.24. The number of rotatable bonds is 8. The highest BCUT2D eigenvalue weighted by molar-refractivity contribution is 5.80. The van der Waals surface area contributed by atoms with Gasteiger partial charge in [-0.15, -0.1) is 0 Å². The lowest BCUT2D eigenvalue weighted by atomic mass is 10.1. The van der Waals surface area contributed by atoms with Crippen molar-refractivity contribution in [1.82, 2.24) is 15.3 Å². The summed E-state index contributed by atoms with van der Waals surface area (Å²) in [7, 11) is 3.99. The van der Waals surface area contributed by atoms with E-state index in [9.17, 15) is 9.59 Å². The van der Waals surface area contributed by atoms with Crippen LogP contribution < -0.4 is 15.5 Å². The average molecular weight is 441 g/mol. The predicted molar refractivity (Wildman–Crippen MR) is 117 cm³/mol. The van der Waals surface area contributed by atoms with E-state index in [-0.39, 0.29) is 43.0 Å². The molecule has 10 heteroatoms. The van der Waals surface area contributed by atoms with E-state index < -0.39 is 5.97 Å². The lowest BCUT2D eigenvalue weighted by Crippen LogP contribution is -2.44. The van der Waals surface area contributed by atoms with Gasteiger partial charge in [0.05, 0.1) is 37.4 Å². The standard InChI is InChI=1S/C22H27N5O5/c1-27(2)14-5-3-13(4-6-14)15-9-10-23-22(25-15)26-17-12-32-20-16(11-31-21(17)20)24-18(28)7-8-19(29)30/h3-6,9-10,16-17,20-21H,7-8,11-12H2,1-2H3,(H,24,28)(H,29,30)(H,23,25,26)/t16-,17-,20+,21+/m0/s1. The smallest absolute Gasteiger partial charge is 0.303 e. The molecule has 0 saturated carbocycles. The number of aromatic nitrogens is 2. The molecule has 2 aliphatic heterocycles. The third-order valence-electron chi connectivity index (χ3n) is 5.62. The van der Waals surface area contributed by atoms with E-state index in [1.54, 1.807) is 6.20 Å². The van der Waals surface area contributed by atoms with Crippen LogP contribution in [0.4, 0.5) is 11.6 Å². The van der Waals surface area contributed by atoms with Crippen LogP contribution in [0.1, 0.15) is 12.8 Å². The molecule has 0 radical (unpaired) electrons. The predicted octanol–water partition coefficient (Wildman–Crippen LogP) is 1.14. The number of aliphatic carboxylic acids is 1. The number of fused-ring (bicyclic) bond motifs is 1. The zero-order valence-electron chi connectivity index (χ0n) is 18.0. The Kier molecular flexibility index (Phi) is 6.52. The molecule has 1 aromatic carbocycles. The first-order valence-corrected chi connectivity index (χ1v) is 10.5. The number of hydrogen-bond donors (Lipinski definition) is 3. The quantitative estimate of drug-likeness (QED) is 0.553. The van der Waals surface area contributed by atoms with E-state index in [0.29, 0.717) is 19.2 Å². The zero-order chi connectivity index (χ0) is 22.7. The minimum absolute atomic E-state index is 0.0684. The Morgan fingerprint density at radius 3 is 2.44 bits per heavy atom. The summed E-state index contributed by atoms with van der Waals surface area (Å²) in [5, 5.41) is 14.8. The van der Waals surface area contributed by atoms with Crippen molar-refractivity contribution in [3.63, 3.8) is 0 Å². The third-order valence-corrected chi connectivity index (χ3v) is 5.62. The van der Waals surface area contributed by atoms with Crippen molar-refractivity contribution < 1.29 is 24.2 Å². The van der Waals surface area contributed by atoms with Gasteiger partial charge >= 0.3 is 5.97 Å². The molecule has 1 amide bonds. The molecule has 4 atom stereocenters. The number of hydrogen-bond acceptors (Lipinski definition) is 8. The maximum atomic E-state index is 12.0. The summed E-state index contributed by atoms with van der Waals surface area (Å²) in [6.45, 7) is 0.702. The molecule has 2 aliphatic rings. The number of carbonyl (C=O) groups excluding carboxylic acids is 1. The van der Waals surface area contributed by atoms with E-state index in [4.69, 9.17) is 14.6 Å². The number of carbonyl (C=O) groups is 2.